The largest absolute Gasteiger partial charge is 0.489 e. The summed E-state index contributed by atoms with van der Waals surface area (Å²) in [6.07, 6.45) is 2.98. The van der Waals surface area contributed by atoms with Gasteiger partial charge in [0.1, 0.15) is 18.1 Å². The number of fused-ring (bicyclic) bond motifs is 1. The van der Waals surface area contributed by atoms with E-state index in [0.29, 0.717) is 17.0 Å². The van der Waals surface area contributed by atoms with Gasteiger partial charge in [0.2, 0.25) is 11.8 Å². The molecular weight excluding hydrogens is 518 g/mol. The van der Waals surface area contributed by atoms with Crippen molar-refractivity contribution < 1.29 is 23.9 Å². The minimum Gasteiger partial charge on any atom is -0.489 e. The molecule has 2 amide bonds. The van der Waals surface area contributed by atoms with Crippen LogP contribution in [0.2, 0.25) is 0 Å². The van der Waals surface area contributed by atoms with E-state index in [1.165, 1.54) is 7.11 Å². The van der Waals surface area contributed by atoms with E-state index in [2.05, 4.69) is 15.4 Å². The maximum Gasteiger partial charge on any atom is 0.330 e. The number of aromatic nitrogens is 1. The zero-order valence-electron chi connectivity index (χ0n) is 23.1. The first-order valence-corrected chi connectivity index (χ1v) is 13.5. The molecule has 0 aliphatic rings. The van der Waals surface area contributed by atoms with Crippen molar-refractivity contribution in [3.8, 4) is 17.0 Å². The first-order valence-electron chi connectivity index (χ1n) is 13.5. The van der Waals surface area contributed by atoms with Gasteiger partial charge in [-0.2, -0.15) is 0 Å². The van der Waals surface area contributed by atoms with Gasteiger partial charge in [-0.3, -0.25) is 9.59 Å². The summed E-state index contributed by atoms with van der Waals surface area (Å²) in [6, 6.07) is 27.1. The smallest absolute Gasteiger partial charge is 0.330 e. The molecule has 41 heavy (non-hydrogen) atoms. The molecule has 1 aromatic heterocycles. The van der Waals surface area contributed by atoms with Crippen molar-refractivity contribution in [2.75, 3.05) is 20.3 Å². The molecule has 0 unspecified atom stereocenters. The molecule has 3 aromatic carbocycles. The van der Waals surface area contributed by atoms with Crippen LogP contribution in [0.3, 0.4) is 0 Å². The van der Waals surface area contributed by atoms with Crippen LogP contribution in [0.5, 0.6) is 5.75 Å². The fraction of sp³-hybridized carbons (Fsp3) is 0.212. The Morgan fingerprint density at radius 3 is 2.29 bits per heavy atom. The van der Waals surface area contributed by atoms with Crippen LogP contribution in [-0.4, -0.2) is 43.0 Å². The number of rotatable bonds is 12. The quantitative estimate of drug-likeness (QED) is 0.147. The second kappa shape index (κ2) is 14.4. The molecule has 0 fully saturated rings. The minimum absolute atomic E-state index is 0.0791. The summed E-state index contributed by atoms with van der Waals surface area (Å²) in [6.45, 7) is 2.33. The van der Waals surface area contributed by atoms with Crippen molar-refractivity contribution in [3.63, 3.8) is 0 Å². The van der Waals surface area contributed by atoms with Gasteiger partial charge < -0.3 is 20.1 Å². The SMILES string of the molecule is CC[C@H](NC(=O)Cc1c(OCCNC(=O)/C=C\C(=O)OC)c(-c2ccccc2)nc2ccccc12)c1ccccc1. The highest BCUT2D eigenvalue weighted by molar-refractivity contribution is 5.95. The van der Waals surface area contributed by atoms with Crippen molar-refractivity contribution in [2.24, 2.45) is 0 Å². The summed E-state index contributed by atoms with van der Waals surface area (Å²) >= 11 is 0. The number of benzene rings is 3. The Morgan fingerprint density at radius 1 is 0.902 bits per heavy atom. The first-order chi connectivity index (χ1) is 20.0. The highest BCUT2D eigenvalue weighted by atomic mass is 16.5. The second-order valence-corrected chi connectivity index (χ2v) is 9.26. The highest BCUT2D eigenvalue weighted by Gasteiger charge is 2.22. The summed E-state index contributed by atoms with van der Waals surface area (Å²) in [5.74, 6) is -0.726. The Morgan fingerprint density at radius 2 is 1.59 bits per heavy atom. The van der Waals surface area contributed by atoms with Crippen molar-refractivity contribution >= 4 is 28.7 Å². The molecule has 1 atom stereocenters. The lowest BCUT2D eigenvalue weighted by atomic mass is 9.99. The summed E-state index contributed by atoms with van der Waals surface area (Å²) < 4.78 is 10.8. The van der Waals surface area contributed by atoms with Gasteiger partial charge >= 0.3 is 5.97 Å². The minimum atomic E-state index is -0.619. The monoisotopic (exact) mass is 551 g/mol. The van der Waals surface area contributed by atoms with Crippen LogP contribution in [0.15, 0.2) is 97.1 Å². The Hall–Kier alpha value is -4.98. The summed E-state index contributed by atoms with van der Waals surface area (Å²) in [7, 11) is 1.24. The molecule has 0 bridgehead atoms. The summed E-state index contributed by atoms with van der Waals surface area (Å²) in [5.41, 5.74) is 3.96. The summed E-state index contributed by atoms with van der Waals surface area (Å²) in [4.78, 5) is 41.7. The van der Waals surface area contributed by atoms with Crippen molar-refractivity contribution in [2.45, 2.75) is 25.8 Å². The number of esters is 1. The molecule has 8 heteroatoms. The van der Waals surface area contributed by atoms with Gasteiger partial charge in [0.05, 0.1) is 31.6 Å². The third-order valence-electron chi connectivity index (χ3n) is 6.50. The van der Waals surface area contributed by atoms with E-state index in [4.69, 9.17) is 9.72 Å². The molecule has 8 nitrogen and oxygen atoms in total. The first kappa shape index (κ1) is 29.0. The molecule has 0 spiro atoms. The fourth-order valence-corrected chi connectivity index (χ4v) is 4.50. The van der Waals surface area contributed by atoms with Crippen LogP contribution < -0.4 is 15.4 Å². The van der Waals surface area contributed by atoms with E-state index < -0.39 is 11.9 Å². The van der Waals surface area contributed by atoms with Gasteiger partial charge in [-0.05, 0) is 18.1 Å². The predicted molar refractivity (Wildman–Crippen MR) is 158 cm³/mol. The van der Waals surface area contributed by atoms with Crippen LogP contribution in [0.25, 0.3) is 22.2 Å². The van der Waals surface area contributed by atoms with E-state index in [-0.39, 0.29) is 31.5 Å². The molecule has 210 valence electrons. The maximum absolute atomic E-state index is 13.5. The van der Waals surface area contributed by atoms with Crippen LogP contribution in [0.1, 0.15) is 30.5 Å². The number of carbonyl (C=O) groups excluding carboxylic acids is 3. The van der Waals surface area contributed by atoms with Gasteiger partial charge in [-0.15, -0.1) is 0 Å². The molecule has 0 saturated heterocycles. The molecule has 0 aliphatic heterocycles. The maximum atomic E-state index is 13.5. The molecule has 4 aromatic rings. The lowest BCUT2D eigenvalue weighted by Crippen LogP contribution is -2.30. The van der Waals surface area contributed by atoms with E-state index in [9.17, 15) is 14.4 Å². The Bertz CT molecular complexity index is 1520. The van der Waals surface area contributed by atoms with Crippen LogP contribution in [-0.2, 0) is 25.5 Å². The van der Waals surface area contributed by atoms with Gasteiger partial charge in [-0.1, -0.05) is 85.8 Å². The topological polar surface area (TPSA) is 107 Å². The number of pyridine rings is 1. The third-order valence-corrected chi connectivity index (χ3v) is 6.50. The van der Waals surface area contributed by atoms with Crippen LogP contribution in [0.4, 0.5) is 0 Å². The highest BCUT2D eigenvalue weighted by Crippen LogP contribution is 2.37. The molecule has 0 radical (unpaired) electrons. The van der Waals surface area contributed by atoms with Crippen LogP contribution >= 0.6 is 0 Å². The molecular formula is C33H33N3O5. The van der Waals surface area contributed by atoms with Gasteiger partial charge in [0, 0.05) is 28.7 Å². The molecule has 2 N–H and O–H groups in total. The van der Waals surface area contributed by atoms with E-state index in [1.807, 2.05) is 91.9 Å². The number of methoxy groups -OCH3 is 1. The second-order valence-electron chi connectivity index (χ2n) is 9.26. The number of nitrogens with one attached hydrogen (secondary N) is 2. The number of carbonyl (C=O) groups is 3. The molecule has 1 heterocycles. The number of hydrogen-bond acceptors (Lipinski definition) is 6. The van der Waals surface area contributed by atoms with E-state index >= 15 is 0 Å². The fourth-order valence-electron chi connectivity index (χ4n) is 4.50. The standard InChI is InChI=1S/C33H33N3O5/c1-3-27(23-12-6-4-7-13-23)35-30(38)22-26-25-16-10-11-17-28(25)36-32(24-14-8-5-9-15-24)33(26)41-21-20-34-29(37)18-19-31(39)40-2/h4-19,27H,3,20-22H2,1-2H3,(H,34,37)(H,35,38)/b19-18-/t27-/m0/s1. The van der Waals surface area contributed by atoms with Gasteiger partial charge in [-0.25, -0.2) is 9.78 Å². The number of hydrogen-bond donors (Lipinski definition) is 2. The van der Waals surface area contributed by atoms with Crippen molar-refractivity contribution in [3.05, 3.63) is 108 Å². The summed E-state index contributed by atoms with van der Waals surface area (Å²) in [5, 5.41) is 6.67. The number of nitrogens with zero attached hydrogens (tertiary/aromatic N) is 1. The number of amides is 2. The normalized spacial score (nSPS) is 11.7. The zero-order chi connectivity index (χ0) is 29.0. The lowest BCUT2D eigenvalue weighted by molar-refractivity contribution is -0.135. The Balaban J connectivity index is 1.64. The van der Waals surface area contributed by atoms with Crippen molar-refractivity contribution in [1.29, 1.82) is 0 Å². The van der Waals surface area contributed by atoms with Crippen molar-refractivity contribution in [1.82, 2.24) is 15.6 Å². The number of ether oxygens (including phenoxy) is 2. The Labute approximate surface area is 239 Å². The average molecular weight is 552 g/mol. The third kappa shape index (κ3) is 7.79. The zero-order valence-corrected chi connectivity index (χ0v) is 23.1. The van der Waals surface area contributed by atoms with E-state index in [1.54, 1.807) is 0 Å². The number of para-hydroxylation sites is 1. The molecule has 4 rings (SSSR count). The van der Waals surface area contributed by atoms with Gasteiger partial charge in [0.15, 0.2) is 0 Å². The molecule has 0 saturated carbocycles. The van der Waals surface area contributed by atoms with E-state index in [0.717, 1.165) is 40.6 Å². The lowest BCUT2D eigenvalue weighted by Gasteiger charge is -2.20. The molecule has 0 aliphatic carbocycles. The van der Waals surface area contributed by atoms with Gasteiger partial charge in [0.25, 0.3) is 0 Å². The average Bonchev–Trinajstić information content (AvgIpc) is 3.02. The predicted octanol–water partition coefficient (Wildman–Crippen LogP) is 4.94. The van der Waals surface area contributed by atoms with Crippen LogP contribution in [0, 0.1) is 0 Å². The Kier molecular flexibility index (Phi) is 10.2.